The fraction of sp³-hybridized carbons (Fsp3) is 0.189. The largest absolute Gasteiger partial charge is 0.457 e. The number of hydrogen-bond acceptors (Lipinski definition) is 10. The molecular formula is C74H62N4O10. The Morgan fingerprint density at radius 3 is 1.01 bits per heavy atom. The number of carbonyl (C=O) groups excluding carboxylic acids is 8. The maximum absolute atomic E-state index is 14.1. The standard InChI is InChI=1S/C74H62N4O10/c1-8-48-37-44(12-28-62(48)75-66(79)32-33-67(75)80)35-46-14-30-64(50(10-3)39-46)77-70(83)58-26-24-56(41-60(58)72(77)85)87-54-20-16-52(17-21-54)74(6,7)53-18-22-55(23-19-53)88-57-25-27-59-61(42-57)73(86)78(71(59)84)65-31-15-47(40-51(65)11-4)36-45-13-29-63(49(9-2)38-45)76-68(81)34-43(5)69(76)82/h12-34,37-42H,8-11,35-36H2,1-7H3. The van der Waals surface area contributed by atoms with Crippen molar-refractivity contribution >= 4 is 70.0 Å². The molecule has 4 heterocycles. The summed E-state index contributed by atoms with van der Waals surface area (Å²) in [5.41, 5.74) is 12.7. The van der Waals surface area contributed by atoms with E-state index in [-0.39, 0.29) is 34.8 Å². The molecule has 4 aliphatic heterocycles. The highest BCUT2D eigenvalue weighted by Gasteiger charge is 2.40. The van der Waals surface area contributed by atoms with E-state index in [1.54, 1.807) is 43.3 Å². The number of hydrogen-bond donors (Lipinski definition) is 0. The predicted octanol–water partition coefficient (Wildman–Crippen LogP) is 13.9. The summed E-state index contributed by atoms with van der Waals surface area (Å²) in [6.45, 7) is 13.8. The molecule has 0 saturated heterocycles. The van der Waals surface area contributed by atoms with Crippen LogP contribution < -0.4 is 29.1 Å². The SMILES string of the molecule is CCc1cc(Cc2ccc(N3C(=O)c4ccc(Oc5ccc(C(C)(C)c6ccc(Oc7ccc8c(c7)C(=O)N(c7ccc(Cc9ccc(N%10C(=O)C=C(C)C%10=O)c(CC)c9)cc7CC)C8=O)cc6)cc5)cc4C3=O)c(CC)c2)ccc1N1C(=O)C=CC1=O. The number of anilines is 4. The van der Waals surface area contributed by atoms with Crippen molar-refractivity contribution in [2.75, 3.05) is 19.6 Å². The van der Waals surface area contributed by atoms with Gasteiger partial charge in [0.25, 0.3) is 47.3 Å². The van der Waals surface area contributed by atoms with Crippen molar-refractivity contribution in [3.63, 3.8) is 0 Å². The Labute approximate surface area is 509 Å². The Kier molecular flexibility index (Phi) is 15.1. The third-order valence-electron chi connectivity index (χ3n) is 17.1. The van der Waals surface area contributed by atoms with Gasteiger partial charge in [-0.15, -0.1) is 0 Å². The van der Waals surface area contributed by atoms with Crippen LogP contribution in [-0.2, 0) is 63.1 Å². The quantitative estimate of drug-likeness (QED) is 0.0754. The smallest absolute Gasteiger partial charge is 0.266 e. The lowest BCUT2D eigenvalue weighted by molar-refractivity contribution is -0.121. The van der Waals surface area contributed by atoms with E-state index in [4.69, 9.17) is 9.47 Å². The second-order valence-corrected chi connectivity index (χ2v) is 23.0. The monoisotopic (exact) mass is 1170 g/mol. The third kappa shape index (κ3) is 10.4. The summed E-state index contributed by atoms with van der Waals surface area (Å²) in [5, 5.41) is 0. The van der Waals surface area contributed by atoms with Crippen LogP contribution in [0, 0.1) is 0 Å². The summed E-state index contributed by atoms with van der Waals surface area (Å²) < 4.78 is 12.6. The van der Waals surface area contributed by atoms with Crippen molar-refractivity contribution in [2.24, 2.45) is 0 Å². The maximum atomic E-state index is 14.1. The topological polar surface area (TPSA) is 168 Å². The van der Waals surface area contributed by atoms with Gasteiger partial charge in [-0.05, 0) is 186 Å². The van der Waals surface area contributed by atoms with Crippen molar-refractivity contribution in [3.8, 4) is 23.0 Å². The van der Waals surface area contributed by atoms with Gasteiger partial charge >= 0.3 is 0 Å². The summed E-state index contributed by atoms with van der Waals surface area (Å²) >= 11 is 0. The summed E-state index contributed by atoms with van der Waals surface area (Å²) in [7, 11) is 0. The molecule has 0 N–H and O–H groups in total. The normalized spacial score (nSPS) is 14.7. The van der Waals surface area contributed by atoms with Gasteiger partial charge < -0.3 is 9.47 Å². The number of nitrogens with zero attached hydrogens (tertiary/aromatic N) is 4. The molecule has 14 nitrogen and oxygen atoms in total. The Morgan fingerprint density at radius 1 is 0.341 bits per heavy atom. The first-order valence-corrected chi connectivity index (χ1v) is 29.6. The van der Waals surface area contributed by atoms with E-state index in [0.29, 0.717) is 101 Å². The Morgan fingerprint density at radius 2 is 0.670 bits per heavy atom. The average molecular weight is 1170 g/mol. The Bertz CT molecular complexity index is 4360. The van der Waals surface area contributed by atoms with Gasteiger partial charge in [0, 0.05) is 29.2 Å². The van der Waals surface area contributed by atoms with Crippen LogP contribution in [0.2, 0.25) is 0 Å². The van der Waals surface area contributed by atoms with Crippen molar-refractivity contribution in [1.82, 2.24) is 0 Å². The first-order valence-electron chi connectivity index (χ1n) is 29.6. The second kappa shape index (κ2) is 23.0. The van der Waals surface area contributed by atoms with Crippen molar-refractivity contribution < 1.29 is 47.8 Å². The fourth-order valence-corrected chi connectivity index (χ4v) is 12.2. The first kappa shape index (κ1) is 57.8. The predicted molar refractivity (Wildman–Crippen MR) is 337 cm³/mol. The summed E-state index contributed by atoms with van der Waals surface area (Å²) in [4.78, 5) is 111. The lowest BCUT2D eigenvalue weighted by atomic mass is 9.78. The molecule has 0 aliphatic carbocycles. The Hall–Kier alpha value is -10.6. The number of carbonyl (C=O) groups is 8. The van der Waals surface area contributed by atoms with Crippen molar-refractivity contribution in [3.05, 3.63) is 259 Å². The van der Waals surface area contributed by atoms with Crippen LogP contribution in [0.1, 0.15) is 146 Å². The van der Waals surface area contributed by atoms with Crippen molar-refractivity contribution in [1.29, 1.82) is 0 Å². The minimum absolute atomic E-state index is 0.252. The van der Waals surface area contributed by atoms with Crippen LogP contribution in [0.15, 0.2) is 182 Å². The molecule has 438 valence electrons. The van der Waals surface area contributed by atoms with E-state index in [1.807, 2.05) is 149 Å². The van der Waals surface area contributed by atoms with Crippen LogP contribution in [0.25, 0.3) is 0 Å². The average Bonchev–Trinajstić information content (AvgIpc) is 2.86. The van der Waals surface area contributed by atoms with E-state index in [2.05, 4.69) is 13.8 Å². The van der Waals surface area contributed by atoms with Crippen LogP contribution in [0.3, 0.4) is 0 Å². The first-order chi connectivity index (χ1) is 42.4. The molecule has 8 amide bonds. The molecule has 12 rings (SSSR count). The number of aryl methyl sites for hydroxylation is 4. The second-order valence-electron chi connectivity index (χ2n) is 23.0. The molecule has 8 aromatic rings. The number of fused-ring (bicyclic) bond motifs is 2. The zero-order valence-electron chi connectivity index (χ0n) is 49.9. The highest BCUT2D eigenvalue weighted by molar-refractivity contribution is 6.36. The van der Waals surface area contributed by atoms with Gasteiger partial charge in [-0.25, -0.2) is 19.6 Å². The van der Waals surface area contributed by atoms with Crippen molar-refractivity contribution in [2.45, 2.75) is 92.4 Å². The van der Waals surface area contributed by atoms with Gasteiger partial charge in [0.2, 0.25) is 0 Å². The molecule has 88 heavy (non-hydrogen) atoms. The molecule has 0 bridgehead atoms. The maximum Gasteiger partial charge on any atom is 0.266 e. The summed E-state index contributed by atoms with van der Waals surface area (Å²) in [5.74, 6) is -1.14. The lowest BCUT2D eigenvalue weighted by Crippen LogP contribution is -2.31. The van der Waals surface area contributed by atoms with Gasteiger partial charge in [0.15, 0.2) is 0 Å². The number of imide groups is 4. The van der Waals surface area contributed by atoms with Crippen LogP contribution in [0.5, 0.6) is 23.0 Å². The van der Waals surface area contributed by atoms with E-state index < -0.39 is 29.0 Å². The minimum atomic E-state index is -0.448. The molecule has 0 aromatic heterocycles. The minimum Gasteiger partial charge on any atom is -0.457 e. The van der Waals surface area contributed by atoms with Crippen LogP contribution in [0.4, 0.5) is 22.7 Å². The summed E-state index contributed by atoms with van der Waals surface area (Å²) in [6, 6.07) is 48.3. The molecule has 0 radical (unpaired) electrons. The molecule has 14 heteroatoms. The molecule has 0 saturated carbocycles. The fourth-order valence-electron chi connectivity index (χ4n) is 12.2. The molecule has 4 aliphatic rings. The molecule has 8 aromatic carbocycles. The van der Waals surface area contributed by atoms with Gasteiger partial charge in [0.1, 0.15) is 23.0 Å². The van der Waals surface area contributed by atoms with Crippen LogP contribution >= 0.6 is 0 Å². The zero-order chi connectivity index (χ0) is 61.9. The van der Waals surface area contributed by atoms with Gasteiger partial charge in [-0.3, -0.25) is 38.4 Å². The van der Waals surface area contributed by atoms with Gasteiger partial charge in [0.05, 0.1) is 45.0 Å². The third-order valence-corrected chi connectivity index (χ3v) is 17.1. The molecule has 0 fully saturated rings. The van der Waals surface area contributed by atoms with E-state index in [0.717, 1.165) is 55.6 Å². The van der Waals surface area contributed by atoms with Gasteiger partial charge in [-0.1, -0.05) is 114 Å². The highest BCUT2D eigenvalue weighted by Crippen LogP contribution is 2.40. The number of benzene rings is 8. The van der Waals surface area contributed by atoms with E-state index in [1.165, 1.54) is 37.8 Å². The van der Waals surface area contributed by atoms with Gasteiger partial charge in [-0.2, -0.15) is 0 Å². The van der Waals surface area contributed by atoms with Crippen LogP contribution in [-0.4, -0.2) is 47.3 Å². The number of rotatable bonds is 18. The summed E-state index contributed by atoms with van der Waals surface area (Å²) in [6.07, 6.45) is 7.46. The molecule has 0 atom stereocenters. The molecule has 0 unspecified atom stereocenters. The lowest BCUT2D eigenvalue weighted by Gasteiger charge is -2.26. The number of amides is 8. The molecular weight excluding hydrogens is 1100 g/mol. The highest BCUT2D eigenvalue weighted by atomic mass is 16.5. The Balaban J connectivity index is 0.672. The van der Waals surface area contributed by atoms with E-state index in [9.17, 15) is 38.4 Å². The molecule has 0 spiro atoms. The van der Waals surface area contributed by atoms with E-state index >= 15 is 0 Å². The zero-order valence-corrected chi connectivity index (χ0v) is 49.9. The number of ether oxygens (including phenoxy) is 2.